The highest BCUT2D eigenvalue weighted by molar-refractivity contribution is 9.10. The average molecular weight is 355 g/mol. The first-order valence-electron chi connectivity index (χ1n) is 5.84. The van der Waals surface area contributed by atoms with Crippen molar-refractivity contribution in [3.8, 4) is 0 Å². The lowest BCUT2D eigenvalue weighted by Gasteiger charge is -2.08. The molecule has 2 aromatic heterocycles. The summed E-state index contributed by atoms with van der Waals surface area (Å²) in [6, 6.07) is 3.81. The first-order chi connectivity index (χ1) is 9.24. The normalized spacial score (nSPS) is 13.9. The van der Waals surface area contributed by atoms with Gasteiger partial charge in [-0.1, -0.05) is 0 Å². The van der Waals surface area contributed by atoms with Crippen molar-refractivity contribution in [2.45, 2.75) is 12.2 Å². The predicted octanol–water partition coefficient (Wildman–Crippen LogP) is 3.95. The molecule has 98 valence electrons. The van der Waals surface area contributed by atoms with Crippen molar-refractivity contribution in [2.75, 3.05) is 11.1 Å². The van der Waals surface area contributed by atoms with E-state index in [2.05, 4.69) is 26.2 Å². The van der Waals surface area contributed by atoms with E-state index in [0.29, 0.717) is 0 Å². The van der Waals surface area contributed by atoms with Crippen molar-refractivity contribution in [1.82, 2.24) is 4.98 Å². The van der Waals surface area contributed by atoms with Crippen LogP contribution in [-0.2, 0) is 12.2 Å². The summed E-state index contributed by atoms with van der Waals surface area (Å²) in [5, 5.41) is 2.91. The summed E-state index contributed by atoms with van der Waals surface area (Å²) in [5.74, 6) is 2.14. The fourth-order valence-electron chi connectivity index (χ4n) is 1.92. The minimum atomic E-state index is -0.0451. The van der Waals surface area contributed by atoms with Gasteiger partial charge in [0, 0.05) is 23.0 Å². The van der Waals surface area contributed by atoms with Crippen molar-refractivity contribution in [3.63, 3.8) is 0 Å². The van der Waals surface area contributed by atoms with E-state index < -0.39 is 0 Å². The largest absolute Gasteiger partial charge is 0.320 e. The SMILES string of the molecule is O=C(Nc1ccncc1Br)c1cc2c(s1)CCSC2. The minimum Gasteiger partial charge on any atom is -0.320 e. The van der Waals surface area contributed by atoms with Crippen LogP contribution in [0.3, 0.4) is 0 Å². The Morgan fingerprint density at radius 3 is 3.16 bits per heavy atom. The van der Waals surface area contributed by atoms with Crippen molar-refractivity contribution in [2.24, 2.45) is 0 Å². The van der Waals surface area contributed by atoms with Gasteiger partial charge in [-0.3, -0.25) is 9.78 Å². The quantitative estimate of drug-likeness (QED) is 0.887. The number of nitrogens with zero attached hydrogens (tertiary/aromatic N) is 1. The molecule has 19 heavy (non-hydrogen) atoms. The third-order valence-corrected chi connectivity index (χ3v) is 5.75. The zero-order chi connectivity index (χ0) is 13.2. The first kappa shape index (κ1) is 13.1. The number of aromatic nitrogens is 1. The van der Waals surface area contributed by atoms with Crippen LogP contribution in [0.15, 0.2) is 29.0 Å². The molecule has 0 bridgehead atoms. The van der Waals surface area contributed by atoms with Gasteiger partial charge < -0.3 is 5.32 Å². The van der Waals surface area contributed by atoms with Gasteiger partial charge in [-0.05, 0) is 45.8 Å². The molecule has 0 radical (unpaired) electrons. The highest BCUT2D eigenvalue weighted by atomic mass is 79.9. The average Bonchev–Trinajstić information content (AvgIpc) is 2.85. The van der Waals surface area contributed by atoms with Crippen LogP contribution < -0.4 is 5.32 Å². The van der Waals surface area contributed by atoms with Crippen molar-refractivity contribution in [3.05, 3.63) is 44.3 Å². The Bertz CT molecular complexity index is 603. The molecule has 0 aromatic carbocycles. The lowest BCUT2D eigenvalue weighted by Crippen LogP contribution is -2.10. The smallest absolute Gasteiger partial charge is 0.265 e. The Kier molecular flexibility index (Phi) is 3.91. The standard InChI is InChI=1S/C13H11BrN2OS2/c14-9-6-15-3-1-10(9)16-13(17)12-5-8-7-18-4-2-11(8)19-12/h1,3,5-6H,2,4,7H2,(H,15,16,17). The van der Waals surface area contributed by atoms with E-state index in [-0.39, 0.29) is 5.91 Å². The molecule has 0 spiro atoms. The summed E-state index contributed by atoms with van der Waals surface area (Å²) in [6.45, 7) is 0. The third kappa shape index (κ3) is 2.85. The van der Waals surface area contributed by atoms with Gasteiger partial charge in [-0.25, -0.2) is 0 Å². The maximum atomic E-state index is 12.2. The highest BCUT2D eigenvalue weighted by Crippen LogP contribution is 2.32. The predicted molar refractivity (Wildman–Crippen MR) is 84.1 cm³/mol. The Labute approximate surface area is 128 Å². The number of carbonyl (C=O) groups is 1. The van der Waals surface area contributed by atoms with Crippen LogP contribution in [0.25, 0.3) is 0 Å². The zero-order valence-corrected chi connectivity index (χ0v) is 13.2. The van der Waals surface area contributed by atoms with Gasteiger partial charge >= 0.3 is 0 Å². The van der Waals surface area contributed by atoms with Crippen molar-refractivity contribution in [1.29, 1.82) is 0 Å². The van der Waals surface area contributed by atoms with Crippen LogP contribution in [0, 0.1) is 0 Å². The molecular weight excluding hydrogens is 344 g/mol. The summed E-state index contributed by atoms with van der Waals surface area (Å²) in [7, 11) is 0. The molecular formula is C13H11BrN2OS2. The summed E-state index contributed by atoms with van der Waals surface area (Å²) < 4.78 is 0.792. The first-order valence-corrected chi connectivity index (χ1v) is 8.60. The van der Waals surface area contributed by atoms with E-state index in [0.717, 1.165) is 33.0 Å². The van der Waals surface area contributed by atoms with E-state index in [1.54, 1.807) is 29.8 Å². The fraction of sp³-hybridized carbons (Fsp3) is 0.231. The Balaban J connectivity index is 1.81. The molecule has 2 aromatic rings. The lowest BCUT2D eigenvalue weighted by atomic mass is 10.2. The molecule has 3 rings (SSSR count). The Hall–Kier alpha value is -0.850. The van der Waals surface area contributed by atoms with E-state index >= 15 is 0 Å². The van der Waals surface area contributed by atoms with Gasteiger partial charge in [-0.15, -0.1) is 11.3 Å². The Morgan fingerprint density at radius 1 is 1.47 bits per heavy atom. The molecule has 0 fully saturated rings. The summed E-state index contributed by atoms with van der Waals surface area (Å²) >= 11 is 6.92. The number of rotatable bonds is 2. The number of thioether (sulfide) groups is 1. The molecule has 1 amide bonds. The number of hydrogen-bond acceptors (Lipinski definition) is 4. The topological polar surface area (TPSA) is 42.0 Å². The second-order valence-electron chi connectivity index (χ2n) is 4.17. The number of nitrogens with one attached hydrogen (secondary N) is 1. The summed E-state index contributed by atoms with van der Waals surface area (Å²) in [5.41, 5.74) is 2.07. The second kappa shape index (κ2) is 5.64. The number of aryl methyl sites for hydroxylation is 1. The van der Waals surface area contributed by atoms with Gasteiger partial charge in [0.05, 0.1) is 15.0 Å². The monoisotopic (exact) mass is 354 g/mol. The van der Waals surface area contributed by atoms with Gasteiger partial charge in [0.1, 0.15) is 0 Å². The number of hydrogen-bond donors (Lipinski definition) is 1. The number of carbonyl (C=O) groups excluding carboxylic acids is 1. The highest BCUT2D eigenvalue weighted by Gasteiger charge is 2.17. The number of anilines is 1. The molecule has 0 atom stereocenters. The summed E-state index contributed by atoms with van der Waals surface area (Å²) in [4.78, 5) is 18.4. The molecule has 3 heterocycles. The minimum absolute atomic E-state index is 0.0451. The van der Waals surface area contributed by atoms with Crippen molar-refractivity contribution >= 4 is 50.6 Å². The third-order valence-electron chi connectivity index (χ3n) is 2.87. The Morgan fingerprint density at radius 2 is 2.37 bits per heavy atom. The van der Waals surface area contributed by atoms with Gasteiger partial charge in [-0.2, -0.15) is 11.8 Å². The molecule has 0 saturated carbocycles. The van der Waals surface area contributed by atoms with Gasteiger partial charge in [0.2, 0.25) is 0 Å². The van der Waals surface area contributed by atoms with Crippen LogP contribution >= 0.6 is 39.0 Å². The van der Waals surface area contributed by atoms with Gasteiger partial charge in [0.25, 0.3) is 5.91 Å². The number of fused-ring (bicyclic) bond motifs is 1. The molecule has 1 aliphatic rings. The second-order valence-corrected chi connectivity index (χ2v) is 7.27. The van der Waals surface area contributed by atoms with E-state index in [4.69, 9.17) is 0 Å². The molecule has 1 aliphatic heterocycles. The number of amides is 1. The number of halogens is 1. The number of thiophene rings is 1. The molecule has 0 unspecified atom stereocenters. The number of pyridine rings is 1. The molecule has 0 aliphatic carbocycles. The molecule has 6 heteroatoms. The van der Waals surface area contributed by atoms with Crippen LogP contribution in [0.5, 0.6) is 0 Å². The van der Waals surface area contributed by atoms with Crippen LogP contribution in [0.4, 0.5) is 5.69 Å². The van der Waals surface area contributed by atoms with Crippen molar-refractivity contribution < 1.29 is 4.79 Å². The summed E-state index contributed by atoms with van der Waals surface area (Å²) in [6.07, 6.45) is 4.42. The fourth-order valence-corrected chi connectivity index (χ4v) is 4.54. The van der Waals surface area contributed by atoms with E-state index in [1.807, 2.05) is 17.8 Å². The van der Waals surface area contributed by atoms with Crippen LogP contribution in [0.1, 0.15) is 20.1 Å². The molecule has 3 nitrogen and oxygen atoms in total. The van der Waals surface area contributed by atoms with E-state index in [1.165, 1.54) is 10.4 Å². The zero-order valence-electron chi connectivity index (χ0n) is 9.98. The maximum Gasteiger partial charge on any atom is 0.265 e. The molecule has 1 N–H and O–H groups in total. The lowest BCUT2D eigenvalue weighted by molar-refractivity contribution is 0.103. The van der Waals surface area contributed by atoms with Crippen LogP contribution in [0.2, 0.25) is 0 Å². The van der Waals surface area contributed by atoms with Crippen LogP contribution in [-0.4, -0.2) is 16.6 Å². The maximum absolute atomic E-state index is 12.2. The van der Waals surface area contributed by atoms with E-state index in [9.17, 15) is 4.79 Å². The van der Waals surface area contributed by atoms with Gasteiger partial charge in [0.15, 0.2) is 0 Å². The molecule has 0 saturated heterocycles.